The summed E-state index contributed by atoms with van der Waals surface area (Å²) in [4.78, 5) is 26.5. The fourth-order valence-corrected chi connectivity index (χ4v) is 3.63. The predicted octanol–water partition coefficient (Wildman–Crippen LogP) is 2.91. The van der Waals surface area contributed by atoms with Crippen LogP contribution in [0, 0.1) is 0 Å². The van der Waals surface area contributed by atoms with Crippen LogP contribution in [0.15, 0.2) is 18.2 Å². The number of anilines is 2. The highest BCUT2D eigenvalue weighted by atomic mass is 16.6. The van der Waals surface area contributed by atoms with Gasteiger partial charge in [-0.15, -0.1) is 0 Å². The molecule has 0 bridgehead atoms. The zero-order valence-electron chi connectivity index (χ0n) is 16.8. The van der Waals surface area contributed by atoms with Gasteiger partial charge in [-0.1, -0.05) is 12.1 Å². The Labute approximate surface area is 160 Å². The minimum Gasteiger partial charge on any atom is -0.443 e. The Morgan fingerprint density at radius 3 is 2.78 bits per heavy atom. The summed E-state index contributed by atoms with van der Waals surface area (Å²) in [6.07, 6.45) is 1.47. The Morgan fingerprint density at radius 1 is 1.33 bits per heavy atom. The van der Waals surface area contributed by atoms with Gasteiger partial charge in [-0.3, -0.25) is 10.2 Å². The van der Waals surface area contributed by atoms with Crippen LogP contribution in [0.4, 0.5) is 16.2 Å². The molecule has 0 aliphatic carbocycles. The van der Waals surface area contributed by atoms with Crippen molar-refractivity contribution in [1.82, 2.24) is 10.9 Å². The van der Waals surface area contributed by atoms with E-state index < -0.39 is 17.1 Å². The molecule has 0 aromatic heterocycles. The Hall–Kier alpha value is -2.28. The van der Waals surface area contributed by atoms with Gasteiger partial charge in [-0.05, 0) is 59.1 Å². The van der Waals surface area contributed by atoms with Crippen molar-refractivity contribution >= 4 is 23.4 Å². The Morgan fingerprint density at radius 2 is 2.07 bits per heavy atom. The van der Waals surface area contributed by atoms with Gasteiger partial charge in [0.1, 0.15) is 5.60 Å². The molecule has 2 aliphatic heterocycles. The molecular weight excluding hydrogens is 344 g/mol. The van der Waals surface area contributed by atoms with Crippen LogP contribution in [0.25, 0.3) is 0 Å². The molecule has 7 nitrogen and oxygen atoms in total. The van der Waals surface area contributed by atoms with Crippen LogP contribution in [0.1, 0.15) is 53.0 Å². The maximum atomic E-state index is 12.3. The van der Waals surface area contributed by atoms with Crippen LogP contribution in [0.3, 0.4) is 0 Å². The van der Waals surface area contributed by atoms with Gasteiger partial charge in [0.05, 0.1) is 16.8 Å². The van der Waals surface area contributed by atoms with E-state index in [0.717, 1.165) is 42.9 Å². The Balaban J connectivity index is 1.67. The first-order valence-corrected chi connectivity index (χ1v) is 9.52. The van der Waals surface area contributed by atoms with E-state index in [9.17, 15) is 9.59 Å². The molecule has 3 N–H and O–H groups in total. The van der Waals surface area contributed by atoms with Crippen molar-refractivity contribution in [1.29, 1.82) is 0 Å². The third kappa shape index (κ3) is 4.18. The molecule has 1 saturated heterocycles. The van der Waals surface area contributed by atoms with E-state index in [0.29, 0.717) is 0 Å². The van der Waals surface area contributed by atoms with Crippen molar-refractivity contribution in [2.45, 2.75) is 64.5 Å². The third-order valence-corrected chi connectivity index (χ3v) is 5.06. The van der Waals surface area contributed by atoms with Gasteiger partial charge in [0.25, 0.3) is 0 Å². The van der Waals surface area contributed by atoms with Gasteiger partial charge >= 0.3 is 6.09 Å². The number of hydrazine groups is 1. The van der Waals surface area contributed by atoms with E-state index in [-0.39, 0.29) is 11.9 Å². The molecule has 0 saturated carbocycles. The van der Waals surface area contributed by atoms with Crippen molar-refractivity contribution in [3.63, 3.8) is 0 Å². The Kier molecular flexibility index (Phi) is 5.08. The average molecular weight is 374 g/mol. The van der Waals surface area contributed by atoms with E-state index in [1.165, 1.54) is 0 Å². The molecule has 0 radical (unpaired) electrons. The first-order chi connectivity index (χ1) is 12.6. The molecule has 27 heavy (non-hydrogen) atoms. The number of para-hydroxylation sites is 1. The average Bonchev–Trinajstić information content (AvgIpc) is 2.81. The summed E-state index contributed by atoms with van der Waals surface area (Å²) in [6, 6.07) is 6.17. The van der Waals surface area contributed by atoms with Crippen LogP contribution in [-0.4, -0.2) is 36.7 Å². The normalized spacial score (nSPS) is 21.4. The number of nitrogens with one attached hydrogen (secondary N) is 3. The number of benzene rings is 1. The SMILES string of the molecule is CC(C)(C)OC(=O)NNC1CCCN(c2cccc3c2NC(=O)C3(C)C)C1. The van der Waals surface area contributed by atoms with Gasteiger partial charge in [0.2, 0.25) is 5.91 Å². The summed E-state index contributed by atoms with van der Waals surface area (Å²) < 4.78 is 5.26. The summed E-state index contributed by atoms with van der Waals surface area (Å²) in [5, 5.41) is 3.05. The van der Waals surface area contributed by atoms with Crippen molar-refractivity contribution in [2.24, 2.45) is 0 Å². The number of piperidine rings is 1. The molecule has 1 fully saturated rings. The maximum Gasteiger partial charge on any atom is 0.422 e. The van der Waals surface area contributed by atoms with Crippen molar-refractivity contribution < 1.29 is 14.3 Å². The van der Waals surface area contributed by atoms with Gasteiger partial charge in [0.15, 0.2) is 0 Å². The summed E-state index contributed by atoms with van der Waals surface area (Å²) >= 11 is 0. The lowest BCUT2D eigenvalue weighted by Crippen LogP contribution is -2.53. The van der Waals surface area contributed by atoms with Crippen molar-refractivity contribution in [2.75, 3.05) is 23.3 Å². The van der Waals surface area contributed by atoms with Crippen LogP contribution in [-0.2, 0) is 14.9 Å². The number of fused-ring (bicyclic) bond motifs is 1. The number of nitrogens with zero attached hydrogens (tertiary/aromatic N) is 1. The van der Waals surface area contributed by atoms with Crippen molar-refractivity contribution in [3.05, 3.63) is 23.8 Å². The van der Waals surface area contributed by atoms with Gasteiger partial charge in [-0.2, -0.15) is 0 Å². The molecule has 1 atom stereocenters. The second-order valence-electron chi connectivity index (χ2n) is 8.84. The molecule has 1 aromatic carbocycles. The van der Waals surface area contributed by atoms with Gasteiger partial charge in [0, 0.05) is 19.1 Å². The van der Waals surface area contributed by atoms with Gasteiger partial charge < -0.3 is 15.0 Å². The standard InChI is InChI=1S/C20H30N4O3/c1-19(2,3)27-18(26)23-22-13-8-7-11-24(12-13)15-10-6-9-14-16(15)21-17(25)20(14,4)5/h6,9-10,13,22H,7-8,11-12H2,1-5H3,(H,21,25)(H,23,26). The Bertz CT molecular complexity index is 739. The van der Waals surface area contributed by atoms with E-state index in [2.05, 4.69) is 21.1 Å². The molecule has 7 heteroatoms. The predicted molar refractivity (Wildman–Crippen MR) is 106 cm³/mol. The van der Waals surface area contributed by atoms with Gasteiger partial charge in [-0.25, -0.2) is 10.2 Å². The highest BCUT2D eigenvalue weighted by Gasteiger charge is 2.40. The molecule has 3 rings (SSSR count). The van der Waals surface area contributed by atoms with E-state index >= 15 is 0 Å². The number of carbonyl (C=O) groups is 2. The molecule has 2 heterocycles. The lowest BCUT2D eigenvalue weighted by Gasteiger charge is -2.36. The number of rotatable bonds is 3. The summed E-state index contributed by atoms with van der Waals surface area (Å²) in [7, 11) is 0. The van der Waals surface area contributed by atoms with E-state index in [1.807, 2.05) is 52.8 Å². The van der Waals surface area contributed by atoms with Crippen LogP contribution in [0.5, 0.6) is 0 Å². The molecule has 0 spiro atoms. The topological polar surface area (TPSA) is 82.7 Å². The maximum absolute atomic E-state index is 12.3. The van der Waals surface area contributed by atoms with Crippen LogP contribution >= 0.6 is 0 Å². The summed E-state index contributed by atoms with van der Waals surface area (Å²) in [6.45, 7) is 11.1. The fourth-order valence-electron chi connectivity index (χ4n) is 3.63. The highest BCUT2D eigenvalue weighted by Crippen LogP contribution is 2.43. The molecule has 2 amide bonds. The molecule has 1 unspecified atom stereocenters. The first kappa shape index (κ1) is 19.5. The smallest absolute Gasteiger partial charge is 0.422 e. The molecule has 1 aromatic rings. The second-order valence-corrected chi connectivity index (χ2v) is 8.84. The number of ether oxygens (including phenoxy) is 1. The highest BCUT2D eigenvalue weighted by molar-refractivity contribution is 6.08. The van der Waals surface area contributed by atoms with E-state index in [4.69, 9.17) is 4.74 Å². The van der Waals surface area contributed by atoms with Crippen LogP contribution in [0.2, 0.25) is 0 Å². The number of carbonyl (C=O) groups excluding carboxylic acids is 2. The number of hydrogen-bond donors (Lipinski definition) is 3. The van der Waals surface area contributed by atoms with E-state index in [1.54, 1.807) is 0 Å². The molecule has 2 aliphatic rings. The van der Waals surface area contributed by atoms with Crippen molar-refractivity contribution in [3.8, 4) is 0 Å². The lowest BCUT2D eigenvalue weighted by atomic mass is 9.86. The zero-order chi connectivity index (χ0) is 19.8. The number of amides is 2. The summed E-state index contributed by atoms with van der Waals surface area (Å²) in [5.74, 6) is 0.0308. The molecular formula is C20H30N4O3. The largest absolute Gasteiger partial charge is 0.443 e. The summed E-state index contributed by atoms with van der Waals surface area (Å²) in [5.41, 5.74) is 7.67. The van der Waals surface area contributed by atoms with Crippen LogP contribution < -0.4 is 21.1 Å². The lowest BCUT2D eigenvalue weighted by molar-refractivity contribution is -0.119. The first-order valence-electron chi connectivity index (χ1n) is 9.52. The number of hydrogen-bond acceptors (Lipinski definition) is 5. The minimum absolute atomic E-state index is 0.0308. The zero-order valence-corrected chi connectivity index (χ0v) is 16.8. The monoisotopic (exact) mass is 374 g/mol. The fraction of sp³-hybridized carbons (Fsp3) is 0.600. The molecule has 148 valence electrons. The quantitative estimate of drug-likeness (QED) is 0.709. The second kappa shape index (κ2) is 7.03. The minimum atomic E-state index is -0.528. The third-order valence-electron chi connectivity index (χ3n) is 5.06.